The molecule has 1 heterocycles. The van der Waals surface area contributed by atoms with Crippen LogP contribution in [0.2, 0.25) is 0 Å². The van der Waals surface area contributed by atoms with E-state index >= 15 is 0 Å². The number of carbonyl (C=O) groups excluding carboxylic acids is 1. The molecule has 1 saturated carbocycles. The zero-order chi connectivity index (χ0) is 13.0. The van der Waals surface area contributed by atoms with E-state index in [0.29, 0.717) is 17.9 Å². The first-order chi connectivity index (χ1) is 8.71. The fourth-order valence-corrected chi connectivity index (χ4v) is 2.15. The van der Waals surface area contributed by atoms with Crippen molar-refractivity contribution in [2.45, 2.75) is 24.9 Å². The number of rotatable bonds is 5. The Balaban J connectivity index is 1.99. The van der Waals surface area contributed by atoms with Gasteiger partial charge in [-0.2, -0.15) is 0 Å². The van der Waals surface area contributed by atoms with E-state index in [2.05, 4.69) is 15.6 Å². The Labute approximate surface area is 107 Å². The predicted octanol–water partition coefficient (Wildman–Crippen LogP) is 1.42. The molecule has 0 unspecified atom stereocenters. The van der Waals surface area contributed by atoms with Gasteiger partial charge in [-0.3, -0.25) is 4.79 Å². The Morgan fingerprint density at radius 2 is 2.33 bits per heavy atom. The van der Waals surface area contributed by atoms with Crippen LogP contribution in [-0.4, -0.2) is 37.2 Å². The van der Waals surface area contributed by atoms with Gasteiger partial charge in [-0.05, 0) is 31.4 Å². The van der Waals surface area contributed by atoms with Gasteiger partial charge in [0, 0.05) is 26.9 Å². The summed E-state index contributed by atoms with van der Waals surface area (Å²) in [4.78, 5) is 16.2. The maximum absolute atomic E-state index is 12.1. The molecular formula is C13H19N3O2. The molecular weight excluding hydrogens is 230 g/mol. The van der Waals surface area contributed by atoms with Crippen molar-refractivity contribution >= 4 is 11.7 Å². The first kappa shape index (κ1) is 12.8. The minimum atomic E-state index is -0.155. The van der Waals surface area contributed by atoms with Crippen molar-refractivity contribution in [2.75, 3.05) is 26.0 Å². The molecule has 5 heteroatoms. The molecule has 18 heavy (non-hydrogen) atoms. The van der Waals surface area contributed by atoms with Gasteiger partial charge in [0.15, 0.2) is 0 Å². The van der Waals surface area contributed by atoms with Gasteiger partial charge < -0.3 is 15.4 Å². The first-order valence-electron chi connectivity index (χ1n) is 6.17. The van der Waals surface area contributed by atoms with Crippen LogP contribution in [0.3, 0.4) is 0 Å². The third kappa shape index (κ3) is 2.46. The van der Waals surface area contributed by atoms with E-state index in [1.165, 1.54) is 6.42 Å². The molecule has 1 amide bonds. The summed E-state index contributed by atoms with van der Waals surface area (Å²) in [7, 11) is 3.45. The fourth-order valence-electron chi connectivity index (χ4n) is 2.15. The highest BCUT2D eigenvalue weighted by molar-refractivity contribution is 5.98. The Morgan fingerprint density at radius 3 is 2.89 bits per heavy atom. The molecule has 0 bridgehead atoms. The molecule has 0 radical (unpaired) electrons. The first-order valence-corrected chi connectivity index (χ1v) is 6.17. The molecule has 2 rings (SSSR count). The predicted molar refractivity (Wildman–Crippen MR) is 69.7 cm³/mol. The highest BCUT2D eigenvalue weighted by Gasteiger charge is 2.37. The summed E-state index contributed by atoms with van der Waals surface area (Å²) < 4.78 is 5.47. The van der Waals surface area contributed by atoms with E-state index in [4.69, 9.17) is 4.74 Å². The van der Waals surface area contributed by atoms with E-state index in [1.807, 2.05) is 0 Å². The van der Waals surface area contributed by atoms with Gasteiger partial charge in [-0.15, -0.1) is 0 Å². The molecule has 1 aliphatic rings. The molecule has 0 spiro atoms. The van der Waals surface area contributed by atoms with Crippen molar-refractivity contribution < 1.29 is 9.53 Å². The number of methoxy groups -OCH3 is 1. The third-order valence-corrected chi connectivity index (χ3v) is 3.56. The normalized spacial score (nSPS) is 16.8. The van der Waals surface area contributed by atoms with Crippen LogP contribution in [0.1, 0.15) is 29.6 Å². The quantitative estimate of drug-likeness (QED) is 0.828. The van der Waals surface area contributed by atoms with Crippen LogP contribution in [0.25, 0.3) is 0 Å². The number of anilines is 1. The van der Waals surface area contributed by atoms with Crippen molar-refractivity contribution in [1.82, 2.24) is 10.3 Å². The Bertz CT molecular complexity index is 424. The van der Waals surface area contributed by atoms with Crippen molar-refractivity contribution in [2.24, 2.45) is 0 Å². The number of carbonyl (C=O) groups is 1. The summed E-state index contributed by atoms with van der Waals surface area (Å²) in [6.45, 7) is 0.556. The van der Waals surface area contributed by atoms with Gasteiger partial charge in [0.1, 0.15) is 5.82 Å². The summed E-state index contributed by atoms with van der Waals surface area (Å²) in [6, 6.07) is 3.51. The fraction of sp³-hybridized carbons (Fsp3) is 0.538. The van der Waals surface area contributed by atoms with E-state index in [1.54, 1.807) is 32.5 Å². The lowest BCUT2D eigenvalue weighted by Crippen LogP contribution is -2.49. The minimum absolute atomic E-state index is 0.115. The molecule has 5 nitrogen and oxygen atoms in total. The summed E-state index contributed by atoms with van der Waals surface area (Å²) in [5, 5.41) is 5.84. The van der Waals surface area contributed by atoms with E-state index in [9.17, 15) is 4.79 Å². The standard InChI is InChI=1S/C13H19N3O2/c1-14-11-10(5-3-8-15-11)12(17)16-9-13(18-2)6-4-7-13/h3,5,8H,4,6-7,9H2,1-2H3,(H,14,15)(H,16,17). The summed E-state index contributed by atoms with van der Waals surface area (Å²) in [5.41, 5.74) is 0.406. The van der Waals surface area contributed by atoms with Crippen LogP contribution in [0.4, 0.5) is 5.82 Å². The molecule has 0 saturated heterocycles. The molecule has 1 aromatic rings. The number of hydrogen-bond donors (Lipinski definition) is 2. The van der Waals surface area contributed by atoms with Gasteiger partial charge in [-0.25, -0.2) is 4.98 Å². The number of ether oxygens (including phenoxy) is 1. The van der Waals surface area contributed by atoms with Crippen LogP contribution >= 0.6 is 0 Å². The largest absolute Gasteiger partial charge is 0.376 e. The molecule has 1 fully saturated rings. The van der Waals surface area contributed by atoms with Crippen molar-refractivity contribution in [1.29, 1.82) is 0 Å². The molecule has 98 valence electrons. The summed E-state index contributed by atoms with van der Waals surface area (Å²) in [6.07, 6.45) is 4.84. The van der Waals surface area contributed by atoms with E-state index in [0.717, 1.165) is 12.8 Å². The monoisotopic (exact) mass is 249 g/mol. The Morgan fingerprint density at radius 1 is 1.56 bits per heavy atom. The average molecular weight is 249 g/mol. The van der Waals surface area contributed by atoms with Crippen LogP contribution in [0.5, 0.6) is 0 Å². The molecule has 1 aromatic heterocycles. The lowest BCUT2D eigenvalue weighted by molar-refractivity contribution is -0.0679. The smallest absolute Gasteiger partial charge is 0.255 e. The maximum Gasteiger partial charge on any atom is 0.255 e. The molecule has 0 aromatic carbocycles. The average Bonchev–Trinajstić information content (AvgIpc) is 2.37. The molecule has 0 aliphatic heterocycles. The summed E-state index contributed by atoms with van der Waals surface area (Å²) >= 11 is 0. The highest BCUT2D eigenvalue weighted by Crippen LogP contribution is 2.34. The topological polar surface area (TPSA) is 63.2 Å². The highest BCUT2D eigenvalue weighted by atomic mass is 16.5. The lowest BCUT2D eigenvalue weighted by Gasteiger charge is -2.40. The number of amides is 1. The Kier molecular flexibility index (Phi) is 3.81. The van der Waals surface area contributed by atoms with Gasteiger partial charge in [0.25, 0.3) is 5.91 Å². The SMILES string of the molecule is CNc1ncccc1C(=O)NCC1(OC)CCC1. The number of nitrogens with one attached hydrogen (secondary N) is 2. The maximum atomic E-state index is 12.1. The third-order valence-electron chi connectivity index (χ3n) is 3.56. The van der Waals surface area contributed by atoms with Gasteiger partial charge in [0.05, 0.1) is 11.2 Å². The van der Waals surface area contributed by atoms with E-state index < -0.39 is 0 Å². The van der Waals surface area contributed by atoms with Crippen LogP contribution < -0.4 is 10.6 Å². The molecule has 0 atom stereocenters. The van der Waals surface area contributed by atoms with Crippen molar-refractivity contribution in [3.05, 3.63) is 23.9 Å². The number of nitrogens with zero attached hydrogens (tertiary/aromatic N) is 1. The minimum Gasteiger partial charge on any atom is -0.376 e. The van der Waals surface area contributed by atoms with Crippen LogP contribution in [0, 0.1) is 0 Å². The number of aromatic nitrogens is 1. The second kappa shape index (κ2) is 5.35. The van der Waals surface area contributed by atoms with E-state index in [-0.39, 0.29) is 11.5 Å². The molecule has 1 aliphatic carbocycles. The van der Waals surface area contributed by atoms with Crippen LogP contribution in [0.15, 0.2) is 18.3 Å². The number of hydrogen-bond acceptors (Lipinski definition) is 4. The summed E-state index contributed by atoms with van der Waals surface area (Å²) in [5.74, 6) is 0.478. The second-order valence-corrected chi connectivity index (χ2v) is 4.57. The zero-order valence-electron chi connectivity index (χ0n) is 10.8. The van der Waals surface area contributed by atoms with Crippen molar-refractivity contribution in [3.63, 3.8) is 0 Å². The second-order valence-electron chi connectivity index (χ2n) is 4.57. The van der Waals surface area contributed by atoms with Gasteiger partial charge >= 0.3 is 0 Å². The molecule has 2 N–H and O–H groups in total. The van der Waals surface area contributed by atoms with Gasteiger partial charge in [0.2, 0.25) is 0 Å². The van der Waals surface area contributed by atoms with Gasteiger partial charge in [-0.1, -0.05) is 0 Å². The van der Waals surface area contributed by atoms with Crippen molar-refractivity contribution in [3.8, 4) is 0 Å². The zero-order valence-corrected chi connectivity index (χ0v) is 10.8. The Hall–Kier alpha value is -1.62. The lowest BCUT2D eigenvalue weighted by atomic mass is 9.80. The van der Waals surface area contributed by atoms with Crippen LogP contribution in [-0.2, 0) is 4.74 Å². The number of pyridine rings is 1.